The van der Waals surface area contributed by atoms with Crippen LogP contribution in [0.3, 0.4) is 0 Å². The van der Waals surface area contributed by atoms with E-state index in [0.29, 0.717) is 28.4 Å². The summed E-state index contributed by atoms with van der Waals surface area (Å²) in [5.41, 5.74) is 0.883. The van der Waals surface area contributed by atoms with Crippen molar-refractivity contribution in [3.63, 3.8) is 0 Å². The summed E-state index contributed by atoms with van der Waals surface area (Å²) in [4.78, 5) is 25.1. The van der Waals surface area contributed by atoms with E-state index in [1.165, 1.54) is 0 Å². The van der Waals surface area contributed by atoms with E-state index in [0.717, 1.165) is 6.42 Å². The SMILES string of the molecule is CC[C@@H](C)NC(=O)c1ccccc1NC(=O)[C@@H](CC)Oc1ccc(Cl)cc1. The van der Waals surface area contributed by atoms with Crippen molar-refractivity contribution in [2.75, 3.05) is 5.32 Å². The predicted molar refractivity (Wildman–Crippen MR) is 108 cm³/mol. The van der Waals surface area contributed by atoms with Crippen LogP contribution in [0.2, 0.25) is 5.02 Å². The molecule has 0 saturated carbocycles. The van der Waals surface area contributed by atoms with Gasteiger partial charge in [0.15, 0.2) is 6.10 Å². The van der Waals surface area contributed by atoms with Crippen molar-refractivity contribution in [1.29, 1.82) is 0 Å². The fourth-order valence-corrected chi connectivity index (χ4v) is 2.53. The van der Waals surface area contributed by atoms with Gasteiger partial charge in [0, 0.05) is 11.1 Å². The number of hydrogen-bond donors (Lipinski definition) is 2. The Bertz CT molecular complexity index is 777. The van der Waals surface area contributed by atoms with Crippen molar-refractivity contribution in [1.82, 2.24) is 5.32 Å². The number of carbonyl (C=O) groups is 2. The van der Waals surface area contributed by atoms with Gasteiger partial charge in [-0.1, -0.05) is 37.6 Å². The number of amides is 2. The number of ether oxygens (including phenoxy) is 1. The molecule has 0 aliphatic carbocycles. The summed E-state index contributed by atoms with van der Waals surface area (Å²) >= 11 is 5.87. The van der Waals surface area contributed by atoms with Crippen molar-refractivity contribution < 1.29 is 14.3 Å². The second-order valence-electron chi connectivity index (χ2n) is 6.29. The van der Waals surface area contributed by atoms with Gasteiger partial charge in [0.05, 0.1) is 11.3 Å². The molecule has 2 aromatic carbocycles. The van der Waals surface area contributed by atoms with E-state index < -0.39 is 6.10 Å². The Hall–Kier alpha value is -2.53. The highest BCUT2D eigenvalue weighted by Gasteiger charge is 2.21. The number of rotatable bonds is 8. The maximum absolute atomic E-state index is 12.7. The predicted octanol–water partition coefficient (Wildman–Crippen LogP) is 4.66. The number of hydrogen-bond acceptors (Lipinski definition) is 3. The first-order valence-corrected chi connectivity index (χ1v) is 9.45. The molecule has 0 aliphatic rings. The molecule has 5 nitrogen and oxygen atoms in total. The van der Waals surface area contributed by atoms with Crippen LogP contribution in [0.25, 0.3) is 0 Å². The van der Waals surface area contributed by atoms with Gasteiger partial charge in [0.25, 0.3) is 11.8 Å². The third-order valence-electron chi connectivity index (χ3n) is 4.17. The summed E-state index contributed by atoms with van der Waals surface area (Å²) in [5.74, 6) is 0.0346. The van der Waals surface area contributed by atoms with E-state index in [-0.39, 0.29) is 17.9 Å². The average molecular weight is 389 g/mol. The van der Waals surface area contributed by atoms with Gasteiger partial charge in [-0.05, 0) is 56.2 Å². The zero-order valence-electron chi connectivity index (χ0n) is 15.8. The van der Waals surface area contributed by atoms with Crippen LogP contribution in [0.4, 0.5) is 5.69 Å². The van der Waals surface area contributed by atoms with Crippen molar-refractivity contribution in [2.24, 2.45) is 0 Å². The lowest BCUT2D eigenvalue weighted by atomic mass is 10.1. The van der Waals surface area contributed by atoms with E-state index in [9.17, 15) is 9.59 Å². The molecule has 0 bridgehead atoms. The zero-order valence-corrected chi connectivity index (χ0v) is 16.5. The second-order valence-corrected chi connectivity index (χ2v) is 6.72. The Morgan fingerprint density at radius 3 is 2.33 bits per heavy atom. The summed E-state index contributed by atoms with van der Waals surface area (Å²) in [7, 11) is 0. The van der Waals surface area contributed by atoms with Crippen LogP contribution >= 0.6 is 11.6 Å². The van der Waals surface area contributed by atoms with Crippen molar-refractivity contribution in [3.05, 3.63) is 59.1 Å². The lowest BCUT2D eigenvalue weighted by Crippen LogP contribution is -2.35. The lowest BCUT2D eigenvalue weighted by molar-refractivity contribution is -0.122. The Morgan fingerprint density at radius 2 is 1.70 bits per heavy atom. The third-order valence-corrected chi connectivity index (χ3v) is 4.43. The Balaban J connectivity index is 2.11. The molecule has 2 amide bonds. The molecule has 2 atom stereocenters. The van der Waals surface area contributed by atoms with Crippen LogP contribution in [0, 0.1) is 0 Å². The smallest absolute Gasteiger partial charge is 0.265 e. The maximum Gasteiger partial charge on any atom is 0.265 e. The minimum atomic E-state index is -0.683. The fraction of sp³-hybridized carbons (Fsp3) is 0.333. The van der Waals surface area contributed by atoms with Gasteiger partial charge in [-0.15, -0.1) is 0 Å². The normalized spacial score (nSPS) is 12.7. The monoisotopic (exact) mass is 388 g/mol. The number of nitrogens with one attached hydrogen (secondary N) is 2. The molecule has 2 rings (SSSR count). The Morgan fingerprint density at radius 1 is 1.04 bits per heavy atom. The van der Waals surface area contributed by atoms with Crippen molar-refractivity contribution in [3.8, 4) is 5.75 Å². The third kappa shape index (κ3) is 6.00. The highest BCUT2D eigenvalue weighted by molar-refractivity contribution is 6.30. The largest absolute Gasteiger partial charge is 0.481 e. The molecular formula is C21H25ClN2O3. The molecule has 27 heavy (non-hydrogen) atoms. The maximum atomic E-state index is 12.7. The Labute approximate surface area is 165 Å². The molecule has 6 heteroatoms. The van der Waals surface area contributed by atoms with Crippen molar-refractivity contribution in [2.45, 2.75) is 45.8 Å². The van der Waals surface area contributed by atoms with Crippen LogP contribution in [0.5, 0.6) is 5.75 Å². The molecule has 0 spiro atoms. The highest BCUT2D eigenvalue weighted by Crippen LogP contribution is 2.20. The summed E-state index contributed by atoms with van der Waals surface area (Å²) in [5, 5.41) is 6.33. The molecule has 2 aromatic rings. The molecule has 0 aliphatic heterocycles. The summed E-state index contributed by atoms with van der Waals surface area (Å²) in [6.45, 7) is 5.80. The lowest BCUT2D eigenvalue weighted by Gasteiger charge is -2.19. The van der Waals surface area contributed by atoms with E-state index in [1.54, 1.807) is 48.5 Å². The zero-order chi connectivity index (χ0) is 19.8. The molecule has 0 heterocycles. The average Bonchev–Trinajstić information content (AvgIpc) is 2.67. The van der Waals surface area contributed by atoms with Crippen molar-refractivity contribution >= 4 is 29.1 Å². The number of halogens is 1. The highest BCUT2D eigenvalue weighted by atomic mass is 35.5. The number of anilines is 1. The molecule has 0 unspecified atom stereocenters. The van der Waals surface area contributed by atoms with E-state index in [1.807, 2.05) is 20.8 Å². The van der Waals surface area contributed by atoms with Gasteiger partial charge in [0.1, 0.15) is 5.75 Å². The van der Waals surface area contributed by atoms with Gasteiger partial charge in [0.2, 0.25) is 0 Å². The number of carbonyl (C=O) groups excluding carboxylic acids is 2. The summed E-state index contributed by atoms with van der Waals surface area (Å²) in [6.07, 6.45) is 0.625. The molecule has 0 fully saturated rings. The van der Waals surface area contributed by atoms with Crippen LogP contribution in [0.15, 0.2) is 48.5 Å². The van der Waals surface area contributed by atoms with E-state index in [2.05, 4.69) is 10.6 Å². The Kier molecular flexibility index (Phi) is 7.67. The number of para-hydroxylation sites is 1. The standard InChI is InChI=1S/C21H25ClN2O3/c1-4-14(3)23-20(25)17-8-6-7-9-18(17)24-21(26)19(5-2)27-16-12-10-15(22)11-13-16/h6-14,19H,4-5H2,1-3H3,(H,23,25)(H,24,26)/t14-,19-/m1/s1. The van der Waals surface area contributed by atoms with Crippen LogP contribution in [-0.4, -0.2) is 24.0 Å². The topological polar surface area (TPSA) is 67.4 Å². The fourth-order valence-electron chi connectivity index (χ4n) is 2.41. The van der Waals surface area contributed by atoms with Gasteiger partial charge >= 0.3 is 0 Å². The minimum Gasteiger partial charge on any atom is -0.481 e. The van der Waals surface area contributed by atoms with Gasteiger partial charge in [-0.2, -0.15) is 0 Å². The molecule has 0 saturated heterocycles. The molecule has 0 aromatic heterocycles. The molecular weight excluding hydrogens is 364 g/mol. The van der Waals surface area contributed by atoms with Gasteiger partial charge in [-0.25, -0.2) is 0 Å². The van der Waals surface area contributed by atoms with Gasteiger partial charge in [-0.3, -0.25) is 9.59 Å². The first-order chi connectivity index (χ1) is 12.9. The number of benzene rings is 2. The van der Waals surface area contributed by atoms with E-state index in [4.69, 9.17) is 16.3 Å². The first-order valence-electron chi connectivity index (χ1n) is 9.07. The molecule has 2 N–H and O–H groups in total. The van der Waals surface area contributed by atoms with E-state index >= 15 is 0 Å². The first kappa shape index (κ1) is 20.8. The summed E-state index contributed by atoms with van der Waals surface area (Å²) < 4.78 is 5.76. The minimum absolute atomic E-state index is 0.0536. The van der Waals surface area contributed by atoms with Crippen LogP contribution < -0.4 is 15.4 Å². The van der Waals surface area contributed by atoms with Crippen LogP contribution in [0.1, 0.15) is 44.0 Å². The van der Waals surface area contributed by atoms with Crippen LogP contribution in [-0.2, 0) is 4.79 Å². The molecule has 0 radical (unpaired) electrons. The molecule has 144 valence electrons. The quantitative estimate of drug-likeness (QED) is 0.690. The van der Waals surface area contributed by atoms with Gasteiger partial charge < -0.3 is 15.4 Å². The summed E-state index contributed by atoms with van der Waals surface area (Å²) in [6, 6.07) is 13.8. The second kappa shape index (κ2) is 9.97.